The van der Waals surface area contributed by atoms with E-state index in [0.29, 0.717) is 23.6 Å². The Morgan fingerprint density at radius 3 is 2.53 bits per heavy atom. The van der Waals surface area contributed by atoms with E-state index in [9.17, 15) is 12.8 Å². The van der Waals surface area contributed by atoms with Gasteiger partial charge in [-0.1, -0.05) is 18.2 Å². The van der Waals surface area contributed by atoms with Crippen molar-refractivity contribution in [2.45, 2.75) is 25.3 Å². The highest BCUT2D eigenvalue weighted by Gasteiger charge is 2.19. The summed E-state index contributed by atoms with van der Waals surface area (Å²) < 4.78 is 37.6. The molecule has 4 rings (SSSR count). The van der Waals surface area contributed by atoms with Crippen LogP contribution < -0.4 is 10.0 Å². The number of nitrogens with two attached hydrogens (primary N) is 1. The van der Waals surface area contributed by atoms with Gasteiger partial charge >= 0.3 is 0 Å². The summed E-state index contributed by atoms with van der Waals surface area (Å²) in [5.41, 5.74) is 3.72. The van der Waals surface area contributed by atoms with Crippen LogP contribution in [0, 0.1) is 19.7 Å². The van der Waals surface area contributed by atoms with Crippen molar-refractivity contribution >= 4 is 32.4 Å². The Bertz CT molecular complexity index is 1330. The van der Waals surface area contributed by atoms with Crippen LogP contribution in [0.4, 0.5) is 15.9 Å². The Kier molecular flexibility index (Phi) is 5.00. The summed E-state index contributed by atoms with van der Waals surface area (Å²) in [4.78, 5) is 6.45. The standard InChI is InChI=1S/C21H20FN5O2S/c1-13-9-14(2)20(10-18(13)22)27(21-17-11-25-26-19(17)7-8-24-21)12-15-3-5-16(6-4-15)30(23,28)29/h3-11H,12H2,1-2H3,(H,25,26)(H2,23,28,29). The molecule has 0 saturated heterocycles. The lowest BCUT2D eigenvalue weighted by Crippen LogP contribution is -2.19. The molecule has 0 bridgehead atoms. The number of aromatic amines is 1. The summed E-state index contributed by atoms with van der Waals surface area (Å²) in [6, 6.07) is 11.4. The molecule has 2 aromatic carbocycles. The van der Waals surface area contributed by atoms with Gasteiger partial charge in [-0.15, -0.1) is 0 Å². The van der Waals surface area contributed by atoms with Gasteiger partial charge in [-0.2, -0.15) is 5.10 Å². The van der Waals surface area contributed by atoms with E-state index in [2.05, 4.69) is 15.2 Å². The van der Waals surface area contributed by atoms with Crippen molar-refractivity contribution in [3.63, 3.8) is 0 Å². The Morgan fingerprint density at radius 1 is 1.10 bits per heavy atom. The minimum absolute atomic E-state index is 0.0328. The number of pyridine rings is 1. The second-order valence-corrected chi connectivity index (χ2v) is 8.69. The molecule has 0 spiro atoms. The maximum absolute atomic E-state index is 14.5. The number of rotatable bonds is 5. The summed E-state index contributed by atoms with van der Waals surface area (Å²) in [7, 11) is -3.78. The number of nitrogens with zero attached hydrogens (tertiary/aromatic N) is 3. The number of hydrogen-bond donors (Lipinski definition) is 2. The number of sulfonamides is 1. The molecular formula is C21H20FN5O2S. The van der Waals surface area contributed by atoms with Gasteiger partial charge in [0, 0.05) is 18.4 Å². The monoisotopic (exact) mass is 425 g/mol. The van der Waals surface area contributed by atoms with E-state index in [4.69, 9.17) is 5.14 Å². The number of hydrogen-bond acceptors (Lipinski definition) is 5. The van der Waals surface area contributed by atoms with Crippen molar-refractivity contribution in [1.29, 1.82) is 0 Å². The number of anilines is 2. The predicted molar refractivity (Wildman–Crippen MR) is 113 cm³/mol. The second-order valence-electron chi connectivity index (χ2n) is 7.13. The number of aryl methyl sites for hydroxylation is 2. The minimum Gasteiger partial charge on any atom is -0.321 e. The Morgan fingerprint density at radius 2 is 1.83 bits per heavy atom. The molecule has 0 fully saturated rings. The molecule has 3 N–H and O–H groups in total. The first-order valence-electron chi connectivity index (χ1n) is 9.18. The minimum atomic E-state index is -3.78. The van der Waals surface area contributed by atoms with Gasteiger partial charge in [0.25, 0.3) is 0 Å². The summed E-state index contributed by atoms with van der Waals surface area (Å²) in [6.45, 7) is 3.97. The van der Waals surface area contributed by atoms with Crippen LogP contribution in [0.2, 0.25) is 0 Å². The molecule has 4 aromatic rings. The van der Waals surface area contributed by atoms with E-state index < -0.39 is 10.0 Å². The molecule has 154 valence electrons. The van der Waals surface area contributed by atoms with Crippen LogP contribution in [0.15, 0.2) is 59.8 Å². The Balaban J connectivity index is 1.84. The number of fused-ring (bicyclic) bond motifs is 1. The third kappa shape index (κ3) is 3.77. The van der Waals surface area contributed by atoms with Crippen molar-refractivity contribution in [2.75, 3.05) is 4.90 Å². The molecule has 0 saturated carbocycles. The lowest BCUT2D eigenvalue weighted by Gasteiger charge is -2.27. The fourth-order valence-corrected chi connectivity index (χ4v) is 3.93. The fraction of sp³-hybridized carbons (Fsp3) is 0.143. The highest BCUT2D eigenvalue weighted by molar-refractivity contribution is 7.89. The second kappa shape index (κ2) is 7.51. The number of halogens is 1. The van der Waals surface area contributed by atoms with E-state index in [0.717, 1.165) is 22.0 Å². The van der Waals surface area contributed by atoms with Crippen molar-refractivity contribution in [2.24, 2.45) is 5.14 Å². The predicted octanol–water partition coefficient (Wildman–Crippen LogP) is 3.70. The zero-order valence-electron chi connectivity index (χ0n) is 16.4. The van der Waals surface area contributed by atoms with E-state index in [1.807, 2.05) is 17.9 Å². The molecule has 7 nitrogen and oxygen atoms in total. The smallest absolute Gasteiger partial charge is 0.238 e. The highest BCUT2D eigenvalue weighted by Crippen LogP contribution is 2.34. The van der Waals surface area contributed by atoms with Crippen molar-refractivity contribution < 1.29 is 12.8 Å². The fourth-order valence-electron chi connectivity index (χ4n) is 3.42. The van der Waals surface area contributed by atoms with Gasteiger partial charge < -0.3 is 4.90 Å². The maximum atomic E-state index is 14.5. The van der Waals surface area contributed by atoms with Crippen molar-refractivity contribution in [1.82, 2.24) is 15.2 Å². The molecule has 2 aromatic heterocycles. The van der Waals surface area contributed by atoms with Crippen LogP contribution in [0.1, 0.15) is 16.7 Å². The van der Waals surface area contributed by atoms with Crippen molar-refractivity contribution in [3.8, 4) is 0 Å². The van der Waals surface area contributed by atoms with E-state index in [-0.39, 0.29) is 10.7 Å². The molecule has 0 aliphatic heterocycles. The SMILES string of the molecule is Cc1cc(C)c(N(Cc2ccc(S(N)(=O)=O)cc2)c2nccc3[nH]ncc23)cc1F. The average molecular weight is 425 g/mol. The third-order valence-electron chi connectivity index (χ3n) is 4.96. The molecule has 0 aliphatic carbocycles. The zero-order chi connectivity index (χ0) is 21.5. The molecule has 30 heavy (non-hydrogen) atoms. The Labute approximate surface area is 173 Å². The number of primary sulfonamides is 1. The number of H-pyrrole nitrogens is 1. The van der Waals surface area contributed by atoms with E-state index >= 15 is 0 Å². The molecule has 0 atom stereocenters. The van der Waals surface area contributed by atoms with Gasteiger partial charge in [0.1, 0.15) is 11.6 Å². The summed E-state index contributed by atoms with van der Waals surface area (Å²) in [6.07, 6.45) is 3.33. The van der Waals surface area contributed by atoms with Crippen LogP contribution in [0.3, 0.4) is 0 Å². The zero-order valence-corrected chi connectivity index (χ0v) is 17.2. The van der Waals surface area contributed by atoms with Crippen LogP contribution in [-0.4, -0.2) is 23.6 Å². The van der Waals surface area contributed by atoms with Crippen LogP contribution in [-0.2, 0) is 16.6 Å². The maximum Gasteiger partial charge on any atom is 0.238 e. The third-order valence-corrected chi connectivity index (χ3v) is 5.89. The molecule has 0 unspecified atom stereocenters. The number of aromatic nitrogens is 3. The molecule has 0 amide bonds. The molecule has 0 aliphatic rings. The first kappa shape index (κ1) is 20.0. The lowest BCUT2D eigenvalue weighted by molar-refractivity contribution is 0.597. The van der Waals surface area contributed by atoms with Gasteiger partial charge in [-0.05, 0) is 54.8 Å². The van der Waals surface area contributed by atoms with Gasteiger partial charge in [0.05, 0.1) is 22.0 Å². The summed E-state index contributed by atoms with van der Waals surface area (Å²) >= 11 is 0. The molecule has 2 heterocycles. The number of nitrogens with one attached hydrogen (secondary N) is 1. The topological polar surface area (TPSA) is 105 Å². The van der Waals surface area contributed by atoms with Crippen LogP contribution >= 0.6 is 0 Å². The first-order chi connectivity index (χ1) is 14.2. The summed E-state index contributed by atoms with van der Waals surface area (Å²) in [5.74, 6) is 0.299. The quantitative estimate of drug-likeness (QED) is 0.507. The van der Waals surface area contributed by atoms with Crippen molar-refractivity contribution in [3.05, 3.63) is 77.4 Å². The van der Waals surface area contributed by atoms with Gasteiger partial charge in [0.15, 0.2) is 0 Å². The Hall–Kier alpha value is -3.30. The van der Waals surface area contributed by atoms with Gasteiger partial charge in [-0.3, -0.25) is 5.10 Å². The lowest BCUT2D eigenvalue weighted by atomic mass is 10.1. The normalized spacial score (nSPS) is 11.7. The summed E-state index contributed by atoms with van der Waals surface area (Å²) in [5, 5.41) is 13.0. The van der Waals surface area contributed by atoms with Crippen LogP contribution in [0.5, 0.6) is 0 Å². The average Bonchev–Trinajstić information content (AvgIpc) is 3.18. The van der Waals surface area contributed by atoms with E-state index in [1.54, 1.807) is 37.5 Å². The van der Waals surface area contributed by atoms with Gasteiger partial charge in [0.2, 0.25) is 10.0 Å². The van der Waals surface area contributed by atoms with E-state index in [1.165, 1.54) is 18.2 Å². The highest BCUT2D eigenvalue weighted by atomic mass is 32.2. The number of benzene rings is 2. The largest absolute Gasteiger partial charge is 0.321 e. The molecule has 9 heteroatoms. The van der Waals surface area contributed by atoms with Crippen LogP contribution in [0.25, 0.3) is 10.9 Å². The molecule has 0 radical (unpaired) electrons. The first-order valence-corrected chi connectivity index (χ1v) is 10.7. The van der Waals surface area contributed by atoms with Gasteiger partial charge in [-0.25, -0.2) is 22.9 Å². The molecular weight excluding hydrogens is 405 g/mol.